The van der Waals surface area contributed by atoms with Crippen molar-refractivity contribution in [1.29, 1.82) is 0 Å². The first-order valence-electron chi connectivity index (χ1n) is 6.41. The van der Waals surface area contributed by atoms with Crippen molar-refractivity contribution < 1.29 is 14.3 Å². The van der Waals surface area contributed by atoms with E-state index >= 15 is 0 Å². The minimum absolute atomic E-state index is 0.0805. The molecule has 1 aromatic heterocycles. The predicted octanol–water partition coefficient (Wildman–Crippen LogP) is 0.358. The maximum absolute atomic E-state index is 11.8. The molecule has 9 heteroatoms. The Bertz CT molecular complexity index is 656. The lowest BCUT2D eigenvalue weighted by Crippen LogP contribution is -2.28. The molecule has 1 aromatic carbocycles. The number of rotatable bonds is 6. The molecular formula is C13H14ClN5O3. The number of nitrogens with one attached hydrogen (secondary N) is 1. The number of tetrazole rings is 1. The molecule has 0 aliphatic carbocycles. The third-order valence-electron chi connectivity index (χ3n) is 2.71. The van der Waals surface area contributed by atoms with Gasteiger partial charge in [-0.15, -0.1) is 10.2 Å². The SMILES string of the molecule is COC(=O)Cc1nnn(CC(=O)NCc2ccc(Cl)cc2)n1. The van der Waals surface area contributed by atoms with Crippen molar-refractivity contribution in [3.05, 3.63) is 40.7 Å². The highest BCUT2D eigenvalue weighted by Crippen LogP contribution is 2.09. The molecule has 116 valence electrons. The van der Waals surface area contributed by atoms with E-state index in [2.05, 4.69) is 25.5 Å². The van der Waals surface area contributed by atoms with Crippen LogP contribution in [-0.2, 0) is 33.8 Å². The largest absolute Gasteiger partial charge is 0.469 e. The number of esters is 1. The van der Waals surface area contributed by atoms with Crippen molar-refractivity contribution >= 4 is 23.5 Å². The first-order valence-corrected chi connectivity index (χ1v) is 6.79. The second kappa shape index (κ2) is 7.51. The molecule has 0 saturated carbocycles. The van der Waals surface area contributed by atoms with Crippen molar-refractivity contribution in [1.82, 2.24) is 25.5 Å². The monoisotopic (exact) mass is 323 g/mol. The molecule has 8 nitrogen and oxygen atoms in total. The second-order valence-electron chi connectivity index (χ2n) is 4.39. The average Bonchev–Trinajstić information content (AvgIpc) is 2.93. The molecule has 22 heavy (non-hydrogen) atoms. The Morgan fingerprint density at radius 3 is 2.73 bits per heavy atom. The third kappa shape index (κ3) is 4.81. The summed E-state index contributed by atoms with van der Waals surface area (Å²) in [5, 5.41) is 14.7. The van der Waals surface area contributed by atoms with Gasteiger partial charge in [0.25, 0.3) is 0 Å². The van der Waals surface area contributed by atoms with Gasteiger partial charge in [0.2, 0.25) is 5.91 Å². The van der Waals surface area contributed by atoms with Gasteiger partial charge in [-0.3, -0.25) is 9.59 Å². The summed E-state index contributed by atoms with van der Waals surface area (Å²) in [4.78, 5) is 24.0. The molecule has 0 bridgehead atoms. The van der Waals surface area contributed by atoms with Crippen LogP contribution in [0.4, 0.5) is 0 Å². The van der Waals surface area contributed by atoms with Crippen LogP contribution in [0.25, 0.3) is 0 Å². The Kier molecular flexibility index (Phi) is 5.42. The highest BCUT2D eigenvalue weighted by Gasteiger charge is 2.11. The number of hydrogen-bond donors (Lipinski definition) is 1. The molecule has 0 atom stereocenters. The molecule has 1 N–H and O–H groups in total. The summed E-state index contributed by atoms with van der Waals surface area (Å²) in [7, 11) is 1.27. The fourth-order valence-corrected chi connectivity index (χ4v) is 1.73. The lowest BCUT2D eigenvalue weighted by molar-refractivity contribution is -0.139. The maximum atomic E-state index is 11.8. The summed E-state index contributed by atoms with van der Waals surface area (Å²) in [6.07, 6.45) is -0.0805. The first kappa shape index (κ1) is 15.9. The van der Waals surface area contributed by atoms with Crippen LogP contribution in [0.2, 0.25) is 5.02 Å². The Morgan fingerprint density at radius 2 is 2.05 bits per heavy atom. The molecule has 0 spiro atoms. The van der Waals surface area contributed by atoms with Gasteiger partial charge in [0.1, 0.15) is 13.0 Å². The number of hydrogen-bond acceptors (Lipinski definition) is 6. The molecule has 2 rings (SSSR count). The van der Waals surface area contributed by atoms with Gasteiger partial charge in [-0.1, -0.05) is 23.7 Å². The van der Waals surface area contributed by atoms with E-state index in [1.165, 1.54) is 7.11 Å². The second-order valence-corrected chi connectivity index (χ2v) is 4.83. The van der Waals surface area contributed by atoms with Gasteiger partial charge in [0.15, 0.2) is 5.82 Å². The zero-order valence-electron chi connectivity index (χ0n) is 11.8. The average molecular weight is 324 g/mol. The van der Waals surface area contributed by atoms with E-state index in [0.717, 1.165) is 10.4 Å². The fraction of sp³-hybridized carbons (Fsp3) is 0.308. The number of halogens is 1. The number of aromatic nitrogens is 4. The van der Waals surface area contributed by atoms with E-state index < -0.39 is 5.97 Å². The Balaban J connectivity index is 1.81. The van der Waals surface area contributed by atoms with E-state index in [9.17, 15) is 9.59 Å². The number of methoxy groups -OCH3 is 1. The van der Waals surface area contributed by atoms with Crippen LogP contribution in [0.5, 0.6) is 0 Å². The number of carbonyl (C=O) groups is 2. The maximum Gasteiger partial charge on any atom is 0.313 e. The minimum Gasteiger partial charge on any atom is -0.469 e. The van der Waals surface area contributed by atoms with Crippen LogP contribution in [0.15, 0.2) is 24.3 Å². The Labute approximate surface area is 131 Å². The summed E-state index contributed by atoms with van der Waals surface area (Å²) in [6, 6.07) is 7.15. The van der Waals surface area contributed by atoms with Crippen molar-refractivity contribution in [3.8, 4) is 0 Å². The first-order chi connectivity index (χ1) is 10.6. The molecule has 2 aromatic rings. The smallest absolute Gasteiger partial charge is 0.313 e. The molecule has 0 aliphatic rings. The van der Waals surface area contributed by atoms with E-state index in [1.54, 1.807) is 12.1 Å². The van der Waals surface area contributed by atoms with Gasteiger partial charge >= 0.3 is 5.97 Å². The van der Waals surface area contributed by atoms with Crippen molar-refractivity contribution in [2.45, 2.75) is 19.5 Å². The van der Waals surface area contributed by atoms with Crippen molar-refractivity contribution in [3.63, 3.8) is 0 Å². The highest BCUT2D eigenvalue weighted by atomic mass is 35.5. The number of amides is 1. The van der Waals surface area contributed by atoms with Gasteiger partial charge in [-0.25, -0.2) is 0 Å². The molecule has 0 aliphatic heterocycles. The molecular weight excluding hydrogens is 310 g/mol. The molecule has 0 unspecified atom stereocenters. The third-order valence-corrected chi connectivity index (χ3v) is 2.96. The number of ether oxygens (including phenoxy) is 1. The number of benzene rings is 1. The normalized spacial score (nSPS) is 10.3. The van der Waals surface area contributed by atoms with Crippen LogP contribution < -0.4 is 5.32 Å². The topological polar surface area (TPSA) is 99.0 Å². The van der Waals surface area contributed by atoms with E-state index in [4.69, 9.17) is 11.6 Å². The fourth-order valence-electron chi connectivity index (χ4n) is 1.60. The van der Waals surface area contributed by atoms with Crippen LogP contribution in [0.3, 0.4) is 0 Å². The van der Waals surface area contributed by atoms with Crippen LogP contribution in [-0.4, -0.2) is 39.2 Å². The van der Waals surface area contributed by atoms with Crippen molar-refractivity contribution in [2.75, 3.05) is 7.11 Å². The standard InChI is InChI=1S/C13H14ClN5O3/c1-22-13(21)6-11-16-18-19(17-11)8-12(20)15-7-9-2-4-10(14)5-3-9/h2-5H,6-8H2,1H3,(H,15,20). The van der Waals surface area contributed by atoms with Gasteiger partial charge in [-0.2, -0.15) is 4.80 Å². The molecule has 1 amide bonds. The van der Waals surface area contributed by atoms with Crippen LogP contribution in [0, 0.1) is 0 Å². The Morgan fingerprint density at radius 1 is 1.32 bits per heavy atom. The highest BCUT2D eigenvalue weighted by molar-refractivity contribution is 6.30. The van der Waals surface area contributed by atoms with E-state index in [0.29, 0.717) is 11.6 Å². The lowest BCUT2D eigenvalue weighted by atomic mass is 10.2. The summed E-state index contributed by atoms with van der Waals surface area (Å²) < 4.78 is 4.50. The molecule has 1 heterocycles. The predicted molar refractivity (Wildman–Crippen MR) is 76.8 cm³/mol. The summed E-state index contributed by atoms with van der Waals surface area (Å²) in [6.45, 7) is 0.293. The zero-order chi connectivity index (χ0) is 15.9. The summed E-state index contributed by atoms with van der Waals surface area (Å²) >= 11 is 5.78. The number of carbonyl (C=O) groups excluding carboxylic acids is 2. The van der Waals surface area contributed by atoms with Gasteiger partial charge in [0, 0.05) is 11.6 Å². The van der Waals surface area contributed by atoms with E-state index in [1.807, 2.05) is 12.1 Å². The van der Waals surface area contributed by atoms with Gasteiger partial charge in [0.05, 0.1) is 7.11 Å². The molecule has 0 fully saturated rings. The molecule has 0 radical (unpaired) electrons. The lowest BCUT2D eigenvalue weighted by Gasteiger charge is -2.04. The summed E-state index contributed by atoms with van der Waals surface area (Å²) in [5.74, 6) is -0.527. The zero-order valence-corrected chi connectivity index (χ0v) is 12.6. The quantitative estimate of drug-likeness (QED) is 0.771. The van der Waals surface area contributed by atoms with Gasteiger partial charge < -0.3 is 10.1 Å². The number of nitrogens with zero attached hydrogens (tertiary/aromatic N) is 4. The van der Waals surface area contributed by atoms with Crippen LogP contribution in [0.1, 0.15) is 11.4 Å². The van der Waals surface area contributed by atoms with Crippen molar-refractivity contribution in [2.24, 2.45) is 0 Å². The van der Waals surface area contributed by atoms with Gasteiger partial charge in [-0.05, 0) is 22.9 Å². The minimum atomic E-state index is -0.466. The Hall–Kier alpha value is -2.48. The van der Waals surface area contributed by atoms with Crippen LogP contribution >= 0.6 is 11.6 Å². The molecule has 0 saturated heterocycles. The van der Waals surface area contributed by atoms with E-state index in [-0.39, 0.29) is 24.7 Å². The summed E-state index contributed by atoms with van der Waals surface area (Å²) in [5.41, 5.74) is 0.927.